The van der Waals surface area contributed by atoms with Gasteiger partial charge in [0, 0.05) is 18.7 Å². The van der Waals surface area contributed by atoms with Crippen LogP contribution in [0.4, 0.5) is 5.82 Å². The van der Waals surface area contributed by atoms with Crippen LogP contribution in [0.2, 0.25) is 0 Å². The predicted octanol–water partition coefficient (Wildman–Crippen LogP) is 2.74. The van der Waals surface area contributed by atoms with E-state index in [4.69, 9.17) is 4.74 Å². The van der Waals surface area contributed by atoms with Crippen LogP contribution >= 0.6 is 0 Å². The summed E-state index contributed by atoms with van der Waals surface area (Å²) in [5, 5.41) is 18.3. The van der Waals surface area contributed by atoms with Crippen LogP contribution in [0.15, 0.2) is 24.3 Å². The Balaban J connectivity index is 2.03. The summed E-state index contributed by atoms with van der Waals surface area (Å²) in [7, 11) is 1.59. The third-order valence-corrected chi connectivity index (χ3v) is 4.45. The molecule has 1 atom stereocenters. The summed E-state index contributed by atoms with van der Waals surface area (Å²) in [6, 6.07) is 7.57. The number of methoxy groups -OCH3 is 1. The zero-order valence-corrected chi connectivity index (χ0v) is 14.0. The molecule has 0 saturated carbocycles. The van der Waals surface area contributed by atoms with E-state index in [1.807, 2.05) is 18.2 Å². The van der Waals surface area contributed by atoms with Gasteiger partial charge < -0.3 is 14.7 Å². The number of anilines is 1. The van der Waals surface area contributed by atoms with E-state index in [1.54, 1.807) is 13.2 Å². The first-order valence-corrected chi connectivity index (χ1v) is 8.25. The van der Waals surface area contributed by atoms with E-state index in [1.165, 1.54) is 11.2 Å². The highest BCUT2D eigenvalue weighted by atomic mass is 16.5. The molecule has 2 aromatic rings. The average molecular weight is 330 g/mol. The monoisotopic (exact) mass is 330 g/mol. The Morgan fingerprint density at radius 1 is 1.38 bits per heavy atom. The molecule has 1 aromatic heterocycles. The molecule has 0 bridgehead atoms. The summed E-state index contributed by atoms with van der Waals surface area (Å²) < 4.78 is 5.22. The molecule has 7 heteroatoms. The molecule has 3 rings (SSSR count). The van der Waals surface area contributed by atoms with Crippen molar-refractivity contribution in [3.8, 4) is 11.4 Å². The molecule has 2 heterocycles. The van der Waals surface area contributed by atoms with E-state index < -0.39 is 5.97 Å². The Bertz CT molecular complexity index is 728. The molecule has 1 unspecified atom stereocenters. The lowest BCUT2D eigenvalue weighted by Gasteiger charge is -2.35. The zero-order chi connectivity index (χ0) is 17.1. The fourth-order valence-corrected chi connectivity index (χ4v) is 3.18. The largest absolute Gasteiger partial charge is 0.497 e. The minimum Gasteiger partial charge on any atom is -0.497 e. The van der Waals surface area contributed by atoms with Gasteiger partial charge in [-0.25, -0.2) is 4.79 Å². The summed E-state index contributed by atoms with van der Waals surface area (Å²) in [5.74, 6) is 0.0732. The van der Waals surface area contributed by atoms with Gasteiger partial charge in [0.1, 0.15) is 5.75 Å². The normalized spacial score (nSPS) is 17.8. The number of carboxylic acid groups (broad SMARTS) is 1. The molecule has 0 aliphatic carbocycles. The highest BCUT2D eigenvalue weighted by Gasteiger charge is 2.29. The minimum atomic E-state index is -1.06. The highest BCUT2D eigenvalue weighted by molar-refractivity contribution is 5.91. The molecular formula is C17H22N4O3. The Labute approximate surface area is 140 Å². The van der Waals surface area contributed by atoms with Gasteiger partial charge in [-0.15, -0.1) is 15.0 Å². The fourth-order valence-electron chi connectivity index (χ4n) is 3.18. The van der Waals surface area contributed by atoms with Gasteiger partial charge in [-0.3, -0.25) is 0 Å². The zero-order valence-electron chi connectivity index (χ0n) is 14.0. The fraction of sp³-hybridized carbons (Fsp3) is 0.471. The highest BCUT2D eigenvalue weighted by Crippen LogP contribution is 2.28. The molecule has 1 aliphatic heterocycles. The van der Waals surface area contributed by atoms with E-state index in [0.29, 0.717) is 23.3 Å². The Morgan fingerprint density at radius 3 is 2.92 bits per heavy atom. The van der Waals surface area contributed by atoms with Crippen LogP contribution in [0.3, 0.4) is 0 Å². The number of hydrogen-bond acceptors (Lipinski definition) is 5. The predicted molar refractivity (Wildman–Crippen MR) is 90.1 cm³/mol. The number of nitrogens with zero attached hydrogens (tertiary/aromatic N) is 4. The molecule has 1 saturated heterocycles. The lowest BCUT2D eigenvalue weighted by molar-refractivity contribution is 0.0690. The molecule has 1 aliphatic rings. The van der Waals surface area contributed by atoms with Crippen molar-refractivity contribution in [2.75, 3.05) is 18.6 Å². The van der Waals surface area contributed by atoms with Crippen molar-refractivity contribution in [1.29, 1.82) is 0 Å². The molecule has 0 amide bonds. The standard InChI is InChI=1S/C17H22N4O3/c1-3-12-7-4-5-10-20(12)16-15(17(22)23)18-21(19-16)13-8-6-9-14(11-13)24-2/h6,8-9,11-12H,3-5,7,10H2,1-2H3,(H,22,23). The quantitative estimate of drug-likeness (QED) is 0.908. The second kappa shape index (κ2) is 6.90. The molecule has 128 valence electrons. The number of ether oxygens (including phenoxy) is 1. The Kier molecular flexibility index (Phi) is 4.69. The maximum atomic E-state index is 11.7. The van der Waals surface area contributed by atoms with Gasteiger partial charge in [-0.1, -0.05) is 13.0 Å². The van der Waals surface area contributed by atoms with Crippen LogP contribution in [0.1, 0.15) is 43.1 Å². The number of carbonyl (C=O) groups is 1. The first-order chi connectivity index (χ1) is 11.6. The van der Waals surface area contributed by atoms with Gasteiger partial charge in [0.25, 0.3) is 0 Å². The number of aromatic carboxylic acids is 1. The van der Waals surface area contributed by atoms with Crippen LogP contribution in [-0.4, -0.2) is 45.8 Å². The van der Waals surface area contributed by atoms with E-state index in [0.717, 1.165) is 25.8 Å². The van der Waals surface area contributed by atoms with E-state index in [-0.39, 0.29) is 5.69 Å². The summed E-state index contributed by atoms with van der Waals surface area (Å²) in [5.41, 5.74) is 0.673. The first-order valence-electron chi connectivity index (χ1n) is 8.25. The van der Waals surface area contributed by atoms with Crippen LogP contribution in [0, 0.1) is 0 Å². The van der Waals surface area contributed by atoms with Crippen molar-refractivity contribution >= 4 is 11.8 Å². The smallest absolute Gasteiger partial charge is 0.360 e. The van der Waals surface area contributed by atoms with Gasteiger partial charge >= 0.3 is 5.97 Å². The van der Waals surface area contributed by atoms with E-state index in [9.17, 15) is 9.90 Å². The average Bonchev–Trinajstić information content (AvgIpc) is 3.07. The molecular weight excluding hydrogens is 308 g/mol. The Morgan fingerprint density at radius 2 is 2.21 bits per heavy atom. The van der Waals surface area contributed by atoms with Gasteiger partial charge in [0.05, 0.1) is 12.8 Å². The summed E-state index contributed by atoms with van der Waals surface area (Å²) >= 11 is 0. The minimum absolute atomic E-state index is 0.00169. The van der Waals surface area contributed by atoms with Crippen molar-refractivity contribution in [3.63, 3.8) is 0 Å². The second-order valence-corrected chi connectivity index (χ2v) is 5.92. The van der Waals surface area contributed by atoms with Gasteiger partial charge in [0.2, 0.25) is 5.69 Å². The number of hydrogen-bond donors (Lipinski definition) is 1. The van der Waals surface area contributed by atoms with E-state index >= 15 is 0 Å². The third kappa shape index (κ3) is 3.06. The molecule has 24 heavy (non-hydrogen) atoms. The topological polar surface area (TPSA) is 80.5 Å². The lowest BCUT2D eigenvalue weighted by Crippen LogP contribution is -2.40. The van der Waals surface area contributed by atoms with Crippen molar-refractivity contribution in [1.82, 2.24) is 15.0 Å². The van der Waals surface area contributed by atoms with Gasteiger partial charge in [-0.05, 0) is 37.8 Å². The van der Waals surface area contributed by atoms with Crippen LogP contribution in [0.5, 0.6) is 5.75 Å². The molecule has 0 radical (unpaired) electrons. The number of aromatic nitrogens is 3. The van der Waals surface area contributed by atoms with Crippen LogP contribution in [-0.2, 0) is 0 Å². The van der Waals surface area contributed by atoms with E-state index in [2.05, 4.69) is 22.0 Å². The third-order valence-electron chi connectivity index (χ3n) is 4.45. The molecule has 1 N–H and O–H groups in total. The summed E-state index contributed by atoms with van der Waals surface area (Å²) in [6.45, 7) is 2.94. The van der Waals surface area contributed by atoms with Crippen molar-refractivity contribution < 1.29 is 14.6 Å². The van der Waals surface area contributed by atoms with Gasteiger partial charge in [-0.2, -0.15) is 0 Å². The number of benzene rings is 1. The SMILES string of the molecule is CCC1CCCCN1c1nn(-c2cccc(OC)c2)nc1C(=O)O. The number of rotatable bonds is 5. The molecule has 1 fully saturated rings. The maximum absolute atomic E-state index is 11.7. The molecule has 7 nitrogen and oxygen atoms in total. The lowest BCUT2D eigenvalue weighted by atomic mass is 10.00. The maximum Gasteiger partial charge on any atom is 0.360 e. The first kappa shape index (κ1) is 16.3. The van der Waals surface area contributed by atoms with Crippen LogP contribution < -0.4 is 9.64 Å². The molecule has 1 aromatic carbocycles. The van der Waals surface area contributed by atoms with Crippen molar-refractivity contribution in [3.05, 3.63) is 30.0 Å². The van der Waals surface area contributed by atoms with Crippen molar-refractivity contribution in [2.24, 2.45) is 0 Å². The second-order valence-electron chi connectivity index (χ2n) is 5.92. The van der Waals surface area contributed by atoms with Crippen molar-refractivity contribution in [2.45, 2.75) is 38.6 Å². The number of carboxylic acids is 1. The number of piperidine rings is 1. The Hall–Kier alpha value is -2.57. The summed E-state index contributed by atoms with van der Waals surface area (Å²) in [4.78, 5) is 15.1. The molecule has 0 spiro atoms. The summed E-state index contributed by atoms with van der Waals surface area (Å²) in [6.07, 6.45) is 4.23. The van der Waals surface area contributed by atoms with Crippen LogP contribution in [0.25, 0.3) is 5.69 Å². The van der Waals surface area contributed by atoms with Gasteiger partial charge in [0.15, 0.2) is 5.82 Å².